The third kappa shape index (κ3) is 2.14. The van der Waals surface area contributed by atoms with E-state index in [9.17, 15) is 0 Å². The van der Waals surface area contributed by atoms with Gasteiger partial charge in [0.05, 0.1) is 0 Å². The van der Waals surface area contributed by atoms with Crippen LogP contribution in [0.4, 0.5) is 0 Å². The zero-order valence-corrected chi connectivity index (χ0v) is 10.1. The number of nitrogens with two attached hydrogens (primary N) is 1. The first-order valence-corrected chi connectivity index (χ1v) is 5.59. The first-order chi connectivity index (χ1) is 7.68. The van der Waals surface area contributed by atoms with Crippen molar-refractivity contribution >= 4 is 21.8 Å². The summed E-state index contributed by atoms with van der Waals surface area (Å²) in [5.74, 6) is 0.0716. The fourth-order valence-corrected chi connectivity index (χ4v) is 1.97. The Labute approximate surface area is 103 Å². The highest BCUT2D eigenvalue weighted by Gasteiger charge is 2.04. The summed E-state index contributed by atoms with van der Waals surface area (Å²) >= 11 is 3.49. The van der Waals surface area contributed by atoms with E-state index >= 15 is 0 Å². The molecular formula is C13H10BrN2. The minimum Gasteiger partial charge on any atom is -0.384 e. The molecule has 0 bridgehead atoms. The van der Waals surface area contributed by atoms with Crippen molar-refractivity contribution in [3.05, 3.63) is 58.6 Å². The SMILES string of the molecule is N=C(N)c1cc[c]c(-c2ccccc2Br)c1. The third-order valence-corrected chi connectivity index (χ3v) is 2.97. The van der Waals surface area contributed by atoms with Crippen LogP contribution in [0.15, 0.2) is 46.9 Å². The fraction of sp³-hybridized carbons (Fsp3) is 0. The van der Waals surface area contributed by atoms with Crippen LogP contribution in [0.1, 0.15) is 5.56 Å². The minimum absolute atomic E-state index is 0.0716. The highest BCUT2D eigenvalue weighted by molar-refractivity contribution is 9.10. The quantitative estimate of drug-likeness (QED) is 0.641. The second-order valence-electron chi connectivity index (χ2n) is 3.38. The van der Waals surface area contributed by atoms with E-state index in [-0.39, 0.29) is 5.84 Å². The maximum atomic E-state index is 7.40. The van der Waals surface area contributed by atoms with Crippen molar-refractivity contribution < 1.29 is 0 Å². The summed E-state index contributed by atoms with van der Waals surface area (Å²) in [6.45, 7) is 0. The molecule has 0 aliphatic carbocycles. The number of benzene rings is 2. The fourth-order valence-electron chi connectivity index (χ4n) is 1.47. The lowest BCUT2D eigenvalue weighted by atomic mass is 10.0. The second-order valence-corrected chi connectivity index (χ2v) is 4.24. The average Bonchev–Trinajstić information content (AvgIpc) is 2.30. The molecule has 1 radical (unpaired) electrons. The molecular weight excluding hydrogens is 264 g/mol. The van der Waals surface area contributed by atoms with Gasteiger partial charge in [-0.1, -0.05) is 46.3 Å². The Morgan fingerprint density at radius 3 is 2.69 bits per heavy atom. The number of amidine groups is 1. The van der Waals surface area contributed by atoms with Crippen LogP contribution in [0.3, 0.4) is 0 Å². The lowest BCUT2D eigenvalue weighted by Crippen LogP contribution is -2.10. The average molecular weight is 274 g/mol. The van der Waals surface area contributed by atoms with E-state index in [0.29, 0.717) is 5.56 Å². The zero-order valence-electron chi connectivity index (χ0n) is 8.50. The van der Waals surface area contributed by atoms with Crippen molar-refractivity contribution in [2.75, 3.05) is 0 Å². The van der Waals surface area contributed by atoms with Gasteiger partial charge in [0.25, 0.3) is 0 Å². The predicted molar refractivity (Wildman–Crippen MR) is 69.4 cm³/mol. The molecule has 0 aliphatic heterocycles. The van der Waals surface area contributed by atoms with Crippen LogP contribution in [-0.2, 0) is 0 Å². The van der Waals surface area contributed by atoms with Gasteiger partial charge in [-0.25, -0.2) is 0 Å². The normalized spacial score (nSPS) is 10.1. The maximum absolute atomic E-state index is 7.40. The molecule has 0 atom stereocenters. The molecule has 3 heteroatoms. The molecule has 2 aromatic rings. The summed E-state index contributed by atoms with van der Waals surface area (Å²) in [6.07, 6.45) is 0. The van der Waals surface area contributed by atoms with Crippen LogP contribution in [0, 0.1) is 11.5 Å². The molecule has 0 aliphatic rings. The molecule has 0 aromatic heterocycles. The van der Waals surface area contributed by atoms with Gasteiger partial charge in [-0.3, -0.25) is 5.41 Å². The number of hydrogen-bond donors (Lipinski definition) is 2. The summed E-state index contributed by atoms with van der Waals surface area (Å²) in [7, 11) is 0. The molecule has 0 spiro atoms. The van der Waals surface area contributed by atoms with Gasteiger partial charge in [0.1, 0.15) is 5.84 Å². The van der Waals surface area contributed by atoms with E-state index in [1.807, 2.05) is 30.3 Å². The molecule has 0 amide bonds. The Morgan fingerprint density at radius 1 is 1.25 bits per heavy atom. The van der Waals surface area contributed by atoms with Crippen molar-refractivity contribution in [3.8, 4) is 11.1 Å². The third-order valence-electron chi connectivity index (χ3n) is 2.28. The monoisotopic (exact) mass is 273 g/mol. The smallest absolute Gasteiger partial charge is 0.122 e. The van der Waals surface area contributed by atoms with E-state index in [2.05, 4.69) is 22.0 Å². The minimum atomic E-state index is 0.0716. The molecule has 2 nitrogen and oxygen atoms in total. The Hall–Kier alpha value is -1.61. The number of halogens is 1. The van der Waals surface area contributed by atoms with Crippen LogP contribution in [0.25, 0.3) is 11.1 Å². The van der Waals surface area contributed by atoms with E-state index in [0.717, 1.165) is 15.6 Å². The maximum Gasteiger partial charge on any atom is 0.122 e. The summed E-state index contributed by atoms with van der Waals surface area (Å²) < 4.78 is 1.01. The number of rotatable bonds is 2. The molecule has 0 saturated carbocycles. The Kier molecular flexibility index (Phi) is 3.06. The molecule has 16 heavy (non-hydrogen) atoms. The Balaban J connectivity index is 2.53. The van der Waals surface area contributed by atoms with Crippen molar-refractivity contribution in [3.63, 3.8) is 0 Å². The van der Waals surface area contributed by atoms with Crippen LogP contribution in [0.2, 0.25) is 0 Å². The molecule has 0 fully saturated rings. The second kappa shape index (κ2) is 4.49. The predicted octanol–water partition coefficient (Wildman–Crippen LogP) is 3.20. The molecule has 0 heterocycles. The van der Waals surface area contributed by atoms with Crippen molar-refractivity contribution in [1.82, 2.24) is 0 Å². The molecule has 0 unspecified atom stereocenters. The molecule has 0 saturated heterocycles. The number of nitrogens with one attached hydrogen (secondary N) is 1. The summed E-state index contributed by atoms with van der Waals surface area (Å²) in [5, 5.41) is 7.40. The van der Waals surface area contributed by atoms with E-state index < -0.39 is 0 Å². The molecule has 79 valence electrons. The van der Waals surface area contributed by atoms with Crippen LogP contribution < -0.4 is 5.73 Å². The van der Waals surface area contributed by atoms with Crippen molar-refractivity contribution in [2.24, 2.45) is 5.73 Å². The first-order valence-electron chi connectivity index (χ1n) is 4.79. The molecule has 3 N–H and O–H groups in total. The highest BCUT2D eigenvalue weighted by Crippen LogP contribution is 2.27. The van der Waals surface area contributed by atoms with Gasteiger partial charge in [0, 0.05) is 10.0 Å². The van der Waals surface area contributed by atoms with Crippen LogP contribution >= 0.6 is 15.9 Å². The Morgan fingerprint density at radius 2 is 2.00 bits per heavy atom. The Bertz CT molecular complexity index is 535. The van der Waals surface area contributed by atoms with Gasteiger partial charge in [-0.2, -0.15) is 0 Å². The van der Waals surface area contributed by atoms with Gasteiger partial charge >= 0.3 is 0 Å². The van der Waals surface area contributed by atoms with Crippen molar-refractivity contribution in [1.29, 1.82) is 5.41 Å². The van der Waals surface area contributed by atoms with E-state index in [4.69, 9.17) is 11.1 Å². The summed E-state index contributed by atoms with van der Waals surface area (Å²) in [4.78, 5) is 0. The van der Waals surface area contributed by atoms with Gasteiger partial charge in [0.2, 0.25) is 0 Å². The van der Waals surface area contributed by atoms with E-state index in [1.165, 1.54) is 0 Å². The van der Waals surface area contributed by atoms with Gasteiger partial charge in [-0.15, -0.1) is 0 Å². The van der Waals surface area contributed by atoms with Gasteiger partial charge in [-0.05, 0) is 29.3 Å². The lowest BCUT2D eigenvalue weighted by molar-refractivity contribution is 1.42. The number of nitrogen functional groups attached to an aromatic ring is 1. The first kappa shape index (κ1) is 10.9. The molecule has 2 rings (SSSR count). The largest absolute Gasteiger partial charge is 0.384 e. The van der Waals surface area contributed by atoms with Gasteiger partial charge in [0.15, 0.2) is 0 Å². The summed E-state index contributed by atoms with van der Waals surface area (Å²) in [6, 6.07) is 16.5. The van der Waals surface area contributed by atoms with Crippen molar-refractivity contribution in [2.45, 2.75) is 0 Å². The topological polar surface area (TPSA) is 49.9 Å². The molecule has 2 aromatic carbocycles. The standard InChI is InChI=1S/C13H10BrN2/c14-12-7-2-1-6-11(12)9-4-3-5-10(8-9)13(15)16/h1-3,5-8H,(H3,15,16). The van der Waals surface area contributed by atoms with Gasteiger partial charge < -0.3 is 5.73 Å². The van der Waals surface area contributed by atoms with E-state index in [1.54, 1.807) is 12.1 Å². The van der Waals surface area contributed by atoms with Crippen LogP contribution in [0.5, 0.6) is 0 Å². The summed E-state index contributed by atoms with van der Waals surface area (Å²) in [5.41, 5.74) is 8.15. The highest BCUT2D eigenvalue weighted by atomic mass is 79.9. The number of hydrogen-bond acceptors (Lipinski definition) is 1. The zero-order chi connectivity index (χ0) is 11.5. The van der Waals surface area contributed by atoms with Crippen LogP contribution in [-0.4, -0.2) is 5.84 Å². The lowest BCUT2D eigenvalue weighted by Gasteiger charge is -2.05.